The van der Waals surface area contributed by atoms with E-state index in [1.54, 1.807) is 38.1 Å². The zero-order valence-electron chi connectivity index (χ0n) is 9.67. The van der Waals surface area contributed by atoms with Crippen LogP contribution in [0.3, 0.4) is 0 Å². The van der Waals surface area contributed by atoms with Gasteiger partial charge < -0.3 is 0 Å². The molecule has 0 aromatic heterocycles. The first-order chi connectivity index (χ1) is 7.83. The van der Waals surface area contributed by atoms with Gasteiger partial charge in [0.2, 0.25) is 0 Å². The van der Waals surface area contributed by atoms with Crippen molar-refractivity contribution in [2.24, 2.45) is 0 Å². The summed E-state index contributed by atoms with van der Waals surface area (Å²) in [5.41, 5.74) is -0.280. The molecule has 92 valence electrons. The van der Waals surface area contributed by atoms with E-state index in [0.29, 0.717) is 0 Å². The molecule has 1 aliphatic rings. The number of benzene rings is 1. The lowest BCUT2D eigenvalue weighted by molar-refractivity contribution is -0.129. The zero-order chi connectivity index (χ0) is 12.7. The first kappa shape index (κ1) is 12.1. The van der Waals surface area contributed by atoms with Crippen molar-refractivity contribution in [3.63, 3.8) is 0 Å². The van der Waals surface area contributed by atoms with Crippen molar-refractivity contribution in [1.82, 2.24) is 9.03 Å². The Kier molecular flexibility index (Phi) is 2.71. The molecule has 1 fully saturated rings. The van der Waals surface area contributed by atoms with Crippen molar-refractivity contribution in [3.05, 3.63) is 35.9 Å². The number of carbonyl (C=O) groups is 1. The summed E-state index contributed by atoms with van der Waals surface area (Å²) in [4.78, 5) is 11.9. The second-order valence-electron chi connectivity index (χ2n) is 4.53. The maximum atomic E-state index is 11.9. The molecule has 0 aliphatic carbocycles. The van der Waals surface area contributed by atoms with E-state index in [2.05, 4.69) is 4.72 Å². The number of carbonyl (C=O) groups excluding carboxylic acids is 1. The van der Waals surface area contributed by atoms with Crippen molar-refractivity contribution in [2.75, 3.05) is 0 Å². The maximum Gasteiger partial charge on any atom is 0.305 e. The Morgan fingerprint density at radius 1 is 1.24 bits per heavy atom. The van der Waals surface area contributed by atoms with E-state index in [4.69, 9.17) is 0 Å². The van der Waals surface area contributed by atoms with E-state index in [-0.39, 0.29) is 6.54 Å². The number of hydrogen-bond donors (Lipinski definition) is 1. The SMILES string of the molecule is CC1(C)NS(=O)(=O)N(Cc2ccccc2)C1=O. The van der Waals surface area contributed by atoms with Gasteiger partial charge in [-0.25, -0.2) is 4.31 Å². The van der Waals surface area contributed by atoms with Crippen LogP contribution in [-0.2, 0) is 21.5 Å². The number of hydrogen-bond acceptors (Lipinski definition) is 3. The Hall–Kier alpha value is -1.40. The Balaban J connectivity index is 2.31. The van der Waals surface area contributed by atoms with Gasteiger partial charge in [-0.2, -0.15) is 13.1 Å². The van der Waals surface area contributed by atoms with E-state index in [9.17, 15) is 13.2 Å². The van der Waals surface area contributed by atoms with E-state index >= 15 is 0 Å². The van der Waals surface area contributed by atoms with Gasteiger partial charge in [0.25, 0.3) is 5.91 Å². The molecule has 0 atom stereocenters. The number of nitrogens with one attached hydrogen (secondary N) is 1. The predicted molar refractivity (Wildman–Crippen MR) is 63.1 cm³/mol. The van der Waals surface area contributed by atoms with Gasteiger partial charge in [0.05, 0.1) is 6.54 Å². The third-order valence-corrected chi connectivity index (χ3v) is 4.25. The highest BCUT2D eigenvalue weighted by molar-refractivity contribution is 7.88. The Labute approximate surface area is 101 Å². The highest BCUT2D eigenvalue weighted by Crippen LogP contribution is 2.23. The second kappa shape index (κ2) is 3.82. The zero-order valence-corrected chi connectivity index (χ0v) is 10.5. The van der Waals surface area contributed by atoms with E-state index in [0.717, 1.165) is 9.87 Å². The molecule has 0 radical (unpaired) electrons. The van der Waals surface area contributed by atoms with E-state index in [1.807, 2.05) is 6.07 Å². The molecule has 0 spiro atoms. The monoisotopic (exact) mass is 254 g/mol. The van der Waals surface area contributed by atoms with E-state index in [1.165, 1.54) is 0 Å². The average molecular weight is 254 g/mol. The molecule has 6 heteroatoms. The number of rotatable bonds is 2. The van der Waals surface area contributed by atoms with Gasteiger partial charge in [-0.3, -0.25) is 4.79 Å². The molecular formula is C11H14N2O3S. The summed E-state index contributed by atoms with van der Waals surface area (Å²) in [6.45, 7) is 3.17. The molecule has 1 saturated heterocycles. The molecule has 2 rings (SSSR count). The van der Waals surface area contributed by atoms with Gasteiger partial charge in [-0.05, 0) is 19.4 Å². The quantitative estimate of drug-likeness (QED) is 0.842. The van der Waals surface area contributed by atoms with Crippen molar-refractivity contribution >= 4 is 16.1 Å². The average Bonchev–Trinajstić information content (AvgIpc) is 2.38. The highest BCUT2D eigenvalue weighted by Gasteiger charge is 2.48. The van der Waals surface area contributed by atoms with Crippen LogP contribution in [0.15, 0.2) is 30.3 Å². The number of amides is 1. The summed E-state index contributed by atoms with van der Waals surface area (Å²) >= 11 is 0. The van der Waals surface area contributed by atoms with Crippen LogP contribution in [0.1, 0.15) is 19.4 Å². The maximum absolute atomic E-state index is 11.9. The fourth-order valence-corrected chi connectivity index (χ4v) is 3.36. The lowest BCUT2D eigenvalue weighted by atomic mass is 10.1. The van der Waals surface area contributed by atoms with Crippen molar-refractivity contribution in [3.8, 4) is 0 Å². The minimum atomic E-state index is -3.71. The van der Waals surface area contributed by atoms with Gasteiger partial charge in [0.15, 0.2) is 0 Å². The number of nitrogens with zero attached hydrogens (tertiary/aromatic N) is 1. The molecule has 5 nitrogen and oxygen atoms in total. The molecule has 0 saturated carbocycles. The van der Waals surface area contributed by atoms with Gasteiger partial charge >= 0.3 is 10.2 Å². The van der Waals surface area contributed by atoms with Gasteiger partial charge in [-0.15, -0.1) is 0 Å². The van der Waals surface area contributed by atoms with E-state index < -0.39 is 21.7 Å². The summed E-state index contributed by atoms with van der Waals surface area (Å²) in [5, 5.41) is 0. The van der Waals surface area contributed by atoms with Crippen molar-refractivity contribution in [2.45, 2.75) is 25.9 Å². The molecule has 1 heterocycles. The fourth-order valence-electron chi connectivity index (χ4n) is 1.75. The molecule has 1 aliphatic heterocycles. The highest BCUT2D eigenvalue weighted by atomic mass is 32.2. The van der Waals surface area contributed by atoms with Crippen LogP contribution in [0.25, 0.3) is 0 Å². The summed E-state index contributed by atoms with van der Waals surface area (Å²) in [6, 6.07) is 9.02. The molecule has 1 aromatic carbocycles. The molecule has 1 aromatic rings. The van der Waals surface area contributed by atoms with Crippen molar-refractivity contribution < 1.29 is 13.2 Å². The van der Waals surface area contributed by atoms with Gasteiger partial charge in [0.1, 0.15) is 5.54 Å². The largest absolute Gasteiger partial charge is 0.305 e. The van der Waals surface area contributed by atoms with Gasteiger partial charge in [0, 0.05) is 0 Å². The third-order valence-electron chi connectivity index (χ3n) is 2.60. The standard InChI is InChI=1S/C11H14N2O3S/c1-11(2)10(14)13(17(15,16)12-11)8-9-6-4-3-5-7-9/h3-7,12H,8H2,1-2H3. The summed E-state index contributed by atoms with van der Waals surface area (Å²) in [7, 11) is -3.71. The van der Waals surface area contributed by atoms with Crippen LogP contribution in [0, 0.1) is 0 Å². The molecular weight excluding hydrogens is 240 g/mol. The van der Waals surface area contributed by atoms with Crippen LogP contribution in [0.5, 0.6) is 0 Å². The summed E-state index contributed by atoms with van der Waals surface area (Å²) in [6.07, 6.45) is 0. The first-order valence-electron chi connectivity index (χ1n) is 5.23. The van der Waals surface area contributed by atoms with Crippen LogP contribution in [0.4, 0.5) is 0 Å². The lowest BCUT2D eigenvalue weighted by Gasteiger charge is -2.15. The van der Waals surface area contributed by atoms with Crippen LogP contribution in [-0.4, -0.2) is 24.2 Å². The molecule has 0 unspecified atom stereocenters. The summed E-state index contributed by atoms with van der Waals surface area (Å²) in [5.74, 6) is -0.429. The van der Waals surface area contributed by atoms with Crippen LogP contribution in [0.2, 0.25) is 0 Å². The molecule has 1 amide bonds. The lowest BCUT2D eigenvalue weighted by Crippen LogP contribution is -2.40. The second-order valence-corrected chi connectivity index (χ2v) is 6.12. The van der Waals surface area contributed by atoms with Crippen LogP contribution < -0.4 is 4.72 Å². The Morgan fingerprint density at radius 3 is 2.29 bits per heavy atom. The normalized spacial score (nSPS) is 21.8. The molecule has 0 bridgehead atoms. The Bertz CT molecular complexity index is 537. The fraction of sp³-hybridized carbons (Fsp3) is 0.364. The Morgan fingerprint density at radius 2 is 1.82 bits per heavy atom. The minimum absolute atomic E-state index is 0.0679. The molecule has 17 heavy (non-hydrogen) atoms. The third kappa shape index (κ3) is 2.18. The predicted octanol–water partition coefficient (Wildman–Crippen LogP) is 0.642. The topological polar surface area (TPSA) is 66.5 Å². The van der Waals surface area contributed by atoms with Gasteiger partial charge in [-0.1, -0.05) is 30.3 Å². The van der Waals surface area contributed by atoms with Crippen LogP contribution >= 0.6 is 0 Å². The smallest absolute Gasteiger partial charge is 0.272 e. The first-order valence-corrected chi connectivity index (χ1v) is 6.67. The summed E-state index contributed by atoms with van der Waals surface area (Å²) < 4.78 is 26.8. The minimum Gasteiger partial charge on any atom is -0.272 e. The molecule has 1 N–H and O–H groups in total. The van der Waals surface area contributed by atoms with Crippen molar-refractivity contribution in [1.29, 1.82) is 0 Å².